The number of ether oxygens (including phenoxy) is 2. The highest BCUT2D eigenvalue weighted by molar-refractivity contribution is 4.96. The molecule has 1 rings (SSSR count). The van der Waals surface area contributed by atoms with Gasteiger partial charge in [0.1, 0.15) is 0 Å². The minimum atomic E-state index is 0.229. The van der Waals surface area contributed by atoms with Crippen molar-refractivity contribution in [2.45, 2.75) is 57.9 Å². The monoisotopic (exact) mass is 258 g/mol. The number of rotatable bonds is 9. The van der Waals surface area contributed by atoms with Crippen LogP contribution in [-0.2, 0) is 9.47 Å². The standard InChI is InChI=1S/C14H30N2O2/c1-6-18-13-10-12(14(13)17-5)15-8-7-9-16(4)11(2)3/h11-15H,6-10H2,1-5H3. The Morgan fingerprint density at radius 1 is 1.39 bits per heavy atom. The van der Waals surface area contributed by atoms with E-state index in [4.69, 9.17) is 9.47 Å². The van der Waals surface area contributed by atoms with Crippen molar-refractivity contribution in [1.82, 2.24) is 10.2 Å². The lowest BCUT2D eigenvalue weighted by Gasteiger charge is -2.43. The second kappa shape index (κ2) is 8.10. The van der Waals surface area contributed by atoms with E-state index >= 15 is 0 Å². The van der Waals surface area contributed by atoms with Gasteiger partial charge in [0.05, 0.1) is 12.2 Å². The zero-order valence-corrected chi connectivity index (χ0v) is 12.6. The Labute approximate surface area is 112 Å². The number of nitrogens with one attached hydrogen (secondary N) is 1. The van der Waals surface area contributed by atoms with E-state index in [1.165, 1.54) is 6.42 Å². The highest BCUT2D eigenvalue weighted by atomic mass is 16.5. The summed E-state index contributed by atoms with van der Waals surface area (Å²) in [5.74, 6) is 0. The maximum atomic E-state index is 5.61. The summed E-state index contributed by atoms with van der Waals surface area (Å²) in [6.45, 7) is 9.47. The molecule has 108 valence electrons. The van der Waals surface area contributed by atoms with E-state index in [2.05, 4.69) is 31.1 Å². The Balaban J connectivity index is 2.10. The van der Waals surface area contributed by atoms with Crippen LogP contribution in [-0.4, -0.2) is 63.0 Å². The lowest BCUT2D eigenvalue weighted by molar-refractivity contribution is -0.131. The Bertz CT molecular complexity index is 224. The summed E-state index contributed by atoms with van der Waals surface area (Å²) in [6, 6.07) is 1.10. The van der Waals surface area contributed by atoms with Gasteiger partial charge in [-0.3, -0.25) is 0 Å². The quantitative estimate of drug-likeness (QED) is 0.636. The minimum Gasteiger partial charge on any atom is -0.377 e. The fraction of sp³-hybridized carbons (Fsp3) is 1.00. The Hall–Kier alpha value is -0.160. The summed E-state index contributed by atoms with van der Waals surface area (Å²) in [7, 11) is 3.95. The van der Waals surface area contributed by atoms with Crippen molar-refractivity contribution in [1.29, 1.82) is 0 Å². The molecular weight excluding hydrogens is 228 g/mol. The number of hydrogen-bond donors (Lipinski definition) is 1. The van der Waals surface area contributed by atoms with Crippen LogP contribution in [0.15, 0.2) is 0 Å². The largest absolute Gasteiger partial charge is 0.377 e. The Kier molecular flexibility index (Phi) is 7.15. The Morgan fingerprint density at radius 3 is 2.67 bits per heavy atom. The molecule has 1 saturated carbocycles. The third kappa shape index (κ3) is 4.50. The first-order valence-corrected chi connectivity index (χ1v) is 7.18. The minimum absolute atomic E-state index is 0.229. The lowest BCUT2D eigenvalue weighted by Crippen LogP contribution is -2.60. The molecule has 3 atom stereocenters. The molecule has 1 aliphatic rings. The van der Waals surface area contributed by atoms with E-state index in [-0.39, 0.29) is 12.2 Å². The molecule has 4 heteroatoms. The summed E-state index contributed by atoms with van der Waals surface area (Å²) in [4.78, 5) is 2.37. The van der Waals surface area contributed by atoms with Crippen LogP contribution in [0.3, 0.4) is 0 Å². The van der Waals surface area contributed by atoms with Crippen molar-refractivity contribution in [3.05, 3.63) is 0 Å². The molecule has 3 unspecified atom stereocenters. The van der Waals surface area contributed by atoms with Gasteiger partial charge in [0.15, 0.2) is 0 Å². The third-order valence-electron chi connectivity index (χ3n) is 3.88. The Morgan fingerprint density at radius 2 is 2.11 bits per heavy atom. The van der Waals surface area contributed by atoms with Crippen LogP contribution >= 0.6 is 0 Å². The number of hydrogen-bond acceptors (Lipinski definition) is 4. The predicted octanol–water partition coefficient (Wildman–Crippen LogP) is 1.50. The van der Waals surface area contributed by atoms with Gasteiger partial charge < -0.3 is 19.7 Å². The van der Waals surface area contributed by atoms with E-state index < -0.39 is 0 Å². The van der Waals surface area contributed by atoms with Gasteiger partial charge in [-0.1, -0.05) is 0 Å². The predicted molar refractivity (Wildman–Crippen MR) is 75.0 cm³/mol. The lowest BCUT2D eigenvalue weighted by atomic mass is 9.85. The molecule has 0 saturated heterocycles. The molecule has 0 spiro atoms. The highest BCUT2D eigenvalue weighted by Crippen LogP contribution is 2.26. The maximum Gasteiger partial charge on any atom is 0.0986 e. The zero-order valence-electron chi connectivity index (χ0n) is 12.6. The molecule has 1 fully saturated rings. The van der Waals surface area contributed by atoms with E-state index in [1.54, 1.807) is 7.11 Å². The molecule has 0 aromatic carbocycles. The SMILES string of the molecule is CCOC1CC(NCCCN(C)C(C)C)C1OC. The van der Waals surface area contributed by atoms with Crippen molar-refractivity contribution in [2.24, 2.45) is 0 Å². The molecule has 0 aromatic rings. The third-order valence-corrected chi connectivity index (χ3v) is 3.88. The topological polar surface area (TPSA) is 33.7 Å². The first-order chi connectivity index (χ1) is 8.60. The fourth-order valence-corrected chi connectivity index (χ4v) is 2.35. The molecule has 0 aromatic heterocycles. The molecule has 18 heavy (non-hydrogen) atoms. The van der Waals surface area contributed by atoms with Gasteiger partial charge in [-0.25, -0.2) is 0 Å². The normalized spacial score (nSPS) is 27.8. The average Bonchev–Trinajstić information content (AvgIpc) is 2.31. The first kappa shape index (κ1) is 15.9. The summed E-state index contributed by atoms with van der Waals surface area (Å²) >= 11 is 0. The summed E-state index contributed by atoms with van der Waals surface area (Å²) in [5.41, 5.74) is 0. The summed E-state index contributed by atoms with van der Waals surface area (Å²) in [5, 5.41) is 3.57. The molecule has 0 amide bonds. The molecule has 1 aliphatic carbocycles. The van der Waals surface area contributed by atoms with Crippen LogP contribution in [0.25, 0.3) is 0 Å². The van der Waals surface area contributed by atoms with E-state index in [1.807, 2.05) is 6.92 Å². The first-order valence-electron chi connectivity index (χ1n) is 7.18. The molecule has 0 radical (unpaired) electrons. The van der Waals surface area contributed by atoms with Gasteiger partial charge in [-0.15, -0.1) is 0 Å². The van der Waals surface area contributed by atoms with E-state index in [0.717, 1.165) is 26.1 Å². The highest BCUT2D eigenvalue weighted by Gasteiger charge is 2.41. The van der Waals surface area contributed by atoms with Crippen LogP contribution in [0.5, 0.6) is 0 Å². The second-order valence-corrected chi connectivity index (χ2v) is 5.42. The van der Waals surface area contributed by atoms with Crippen LogP contribution in [0.4, 0.5) is 0 Å². The van der Waals surface area contributed by atoms with Crippen molar-refractivity contribution >= 4 is 0 Å². The van der Waals surface area contributed by atoms with Crippen LogP contribution in [0, 0.1) is 0 Å². The fourth-order valence-electron chi connectivity index (χ4n) is 2.35. The van der Waals surface area contributed by atoms with Crippen molar-refractivity contribution in [3.8, 4) is 0 Å². The van der Waals surface area contributed by atoms with Gasteiger partial charge >= 0.3 is 0 Å². The van der Waals surface area contributed by atoms with Crippen LogP contribution < -0.4 is 5.32 Å². The van der Waals surface area contributed by atoms with Gasteiger partial charge in [-0.2, -0.15) is 0 Å². The van der Waals surface area contributed by atoms with Gasteiger partial charge in [-0.05, 0) is 53.8 Å². The van der Waals surface area contributed by atoms with Crippen LogP contribution in [0.2, 0.25) is 0 Å². The molecule has 0 aliphatic heterocycles. The van der Waals surface area contributed by atoms with Crippen molar-refractivity contribution in [3.63, 3.8) is 0 Å². The maximum absolute atomic E-state index is 5.61. The van der Waals surface area contributed by atoms with Crippen LogP contribution in [0.1, 0.15) is 33.6 Å². The second-order valence-electron chi connectivity index (χ2n) is 5.42. The number of methoxy groups -OCH3 is 1. The zero-order chi connectivity index (χ0) is 13.5. The number of nitrogens with zero attached hydrogens (tertiary/aromatic N) is 1. The molecule has 4 nitrogen and oxygen atoms in total. The van der Waals surface area contributed by atoms with E-state index in [0.29, 0.717) is 12.1 Å². The van der Waals surface area contributed by atoms with E-state index in [9.17, 15) is 0 Å². The summed E-state index contributed by atoms with van der Waals surface area (Å²) < 4.78 is 11.1. The van der Waals surface area contributed by atoms with Gasteiger partial charge in [0.25, 0.3) is 0 Å². The van der Waals surface area contributed by atoms with Gasteiger partial charge in [0, 0.05) is 25.8 Å². The molecule has 0 heterocycles. The summed E-state index contributed by atoms with van der Waals surface area (Å²) in [6.07, 6.45) is 2.77. The molecular formula is C14H30N2O2. The average molecular weight is 258 g/mol. The smallest absolute Gasteiger partial charge is 0.0986 e. The molecule has 1 N–H and O–H groups in total. The van der Waals surface area contributed by atoms with Gasteiger partial charge in [0.2, 0.25) is 0 Å². The van der Waals surface area contributed by atoms with Crippen molar-refractivity contribution in [2.75, 3.05) is 33.9 Å². The molecule has 0 bridgehead atoms. The van der Waals surface area contributed by atoms with Crippen molar-refractivity contribution < 1.29 is 9.47 Å².